The Morgan fingerprint density at radius 1 is 1.33 bits per heavy atom. The molecule has 1 aliphatic rings. The third-order valence-electron chi connectivity index (χ3n) is 3.35. The molecule has 0 spiro atoms. The van der Waals surface area contributed by atoms with Gasteiger partial charge in [-0.3, -0.25) is 19.5 Å². The molecule has 2 amide bonds. The second kappa shape index (κ2) is 7.99. The number of pyridine rings is 1. The summed E-state index contributed by atoms with van der Waals surface area (Å²) in [4.78, 5) is 29.8. The maximum Gasteiger partial charge on any atom is 0.231 e. The number of hydrogen-bond donors (Lipinski definition) is 2. The minimum absolute atomic E-state index is 0.0464. The van der Waals surface area contributed by atoms with E-state index in [9.17, 15) is 9.59 Å². The molecule has 7 heteroatoms. The smallest absolute Gasteiger partial charge is 0.231 e. The zero-order valence-electron chi connectivity index (χ0n) is 11.8. The average Bonchev–Trinajstić information content (AvgIpc) is 2.48. The number of carbonyl (C=O) groups is 2. The van der Waals surface area contributed by atoms with Crippen molar-refractivity contribution in [2.24, 2.45) is 5.73 Å². The third kappa shape index (κ3) is 5.73. The lowest BCUT2D eigenvalue weighted by molar-refractivity contribution is -0.121. The van der Waals surface area contributed by atoms with Gasteiger partial charge >= 0.3 is 0 Å². The van der Waals surface area contributed by atoms with Gasteiger partial charge in [0.2, 0.25) is 11.8 Å². The number of nitrogens with two attached hydrogens (primary N) is 1. The fourth-order valence-corrected chi connectivity index (χ4v) is 3.00. The largest absolute Gasteiger partial charge is 0.369 e. The van der Waals surface area contributed by atoms with Gasteiger partial charge in [-0.2, -0.15) is 0 Å². The van der Waals surface area contributed by atoms with Crippen molar-refractivity contribution in [1.82, 2.24) is 15.2 Å². The van der Waals surface area contributed by atoms with Crippen LogP contribution >= 0.6 is 11.8 Å². The van der Waals surface area contributed by atoms with Crippen molar-refractivity contribution >= 4 is 23.6 Å². The Labute approximate surface area is 128 Å². The predicted molar refractivity (Wildman–Crippen MR) is 81.8 cm³/mol. The summed E-state index contributed by atoms with van der Waals surface area (Å²) in [5, 5.41) is 3.04. The standard InChI is InChI=1S/C14H20N4O2S/c15-13(19)9-18-7-3-11(4-8-18)17-14(20)10-21-12-1-5-16-6-2-12/h1-2,5-6,11H,3-4,7-10H2,(H2,15,19)(H,17,20). The van der Waals surface area contributed by atoms with Crippen molar-refractivity contribution in [1.29, 1.82) is 0 Å². The van der Waals surface area contributed by atoms with Crippen LogP contribution in [0.25, 0.3) is 0 Å². The second-order valence-electron chi connectivity index (χ2n) is 5.06. The summed E-state index contributed by atoms with van der Waals surface area (Å²) in [5.41, 5.74) is 5.18. The number of nitrogens with zero attached hydrogens (tertiary/aromatic N) is 2. The number of carbonyl (C=O) groups excluding carboxylic acids is 2. The molecule has 0 radical (unpaired) electrons. The molecule has 6 nitrogen and oxygen atoms in total. The molecule has 0 aliphatic carbocycles. The average molecular weight is 308 g/mol. The molecule has 0 aromatic carbocycles. The Hall–Kier alpha value is -1.60. The van der Waals surface area contributed by atoms with Crippen molar-refractivity contribution < 1.29 is 9.59 Å². The van der Waals surface area contributed by atoms with Crippen LogP contribution in [0.1, 0.15) is 12.8 Å². The molecule has 0 saturated carbocycles. The van der Waals surface area contributed by atoms with Gasteiger partial charge in [-0.15, -0.1) is 11.8 Å². The molecule has 114 valence electrons. The van der Waals surface area contributed by atoms with Crippen LogP contribution in [0.15, 0.2) is 29.4 Å². The molecule has 1 aromatic rings. The van der Waals surface area contributed by atoms with E-state index in [0.29, 0.717) is 12.3 Å². The fraction of sp³-hybridized carbons (Fsp3) is 0.500. The first-order valence-electron chi connectivity index (χ1n) is 6.96. The maximum absolute atomic E-state index is 11.9. The summed E-state index contributed by atoms with van der Waals surface area (Å²) in [6.45, 7) is 1.90. The number of thioether (sulfide) groups is 1. The van der Waals surface area contributed by atoms with Crippen LogP contribution in [0, 0.1) is 0 Å². The van der Waals surface area contributed by atoms with Crippen molar-refractivity contribution in [2.45, 2.75) is 23.8 Å². The van der Waals surface area contributed by atoms with Gasteiger partial charge < -0.3 is 11.1 Å². The predicted octanol–water partition coefficient (Wildman–Crippen LogP) is 0.240. The first-order chi connectivity index (χ1) is 10.1. The highest BCUT2D eigenvalue weighted by Crippen LogP contribution is 2.16. The summed E-state index contributed by atoms with van der Waals surface area (Å²) in [6, 6.07) is 3.97. The Balaban J connectivity index is 1.66. The summed E-state index contributed by atoms with van der Waals surface area (Å²) < 4.78 is 0. The van der Waals surface area contributed by atoms with E-state index in [2.05, 4.69) is 10.3 Å². The van der Waals surface area contributed by atoms with Gasteiger partial charge in [0.25, 0.3) is 0 Å². The number of primary amides is 1. The minimum Gasteiger partial charge on any atom is -0.369 e. The highest BCUT2D eigenvalue weighted by Gasteiger charge is 2.21. The molecule has 1 aliphatic heterocycles. The Bertz CT molecular complexity index is 475. The monoisotopic (exact) mass is 308 g/mol. The van der Waals surface area contributed by atoms with Gasteiger partial charge in [0.1, 0.15) is 0 Å². The summed E-state index contributed by atoms with van der Waals surface area (Å²) >= 11 is 1.50. The van der Waals surface area contributed by atoms with Crippen molar-refractivity contribution in [2.75, 3.05) is 25.4 Å². The van der Waals surface area contributed by atoms with Gasteiger partial charge in [0.15, 0.2) is 0 Å². The van der Waals surface area contributed by atoms with Gasteiger partial charge in [-0.05, 0) is 25.0 Å². The molecule has 21 heavy (non-hydrogen) atoms. The summed E-state index contributed by atoms with van der Waals surface area (Å²) in [7, 11) is 0. The number of aromatic nitrogens is 1. The number of rotatable bonds is 6. The Morgan fingerprint density at radius 3 is 2.62 bits per heavy atom. The lowest BCUT2D eigenvalue weighted by Crippen LogP contribution is -2.47. The second-order valence-corrected chi connectivity index (χ2v) is 6.10. The van der Waals surface area contributed by atoms with Crippen molar-refractivity contribution in [3.05, 3.63) is 24.5 Å². The van der Waals surface area contributed by atoms with Gasteiger partial charge in [-0.1, -0.05) is 0 Å². The SMILES string of the molecule is NC(=O)CN1CCC(NC(=O)CSc2ccncc2)CC1. The van der Waals surface area contributed by atoms with Gasteiger partial charge in [0, 0.05) is 36.4 Å². The zero-order chi connectivity index (χ0) is 15.1. The van der Waals surface area contributed by atoms with Crippen LogP contribution < -0.4 is 11.1 Å². The number of likely N-dealkylation sites (tertiary alicyclic amines) is 1. The van der Waals surface area contributed by atoms with E-state index >= 15 is 0 Å². The lowest BCUT2D eigenvalue weighted by atomic mass is 10.1. The Kier molecular flexibility index (Phi) is 6.01. The normalized spacial score (nSPS) is 16.6. The maximum atomic E-state index is 11.9. The molecule has 2 heterocycles. The van der Waals surface area contributed by atoms with Crippen LogP contribution in [-0.4, -0.2) is 53.1 Å². The van der Waals surface area contributed by atoms with Crippen molar-refractivity contribution in [3.63, 3.8) is 0 Å². The highest BCUT2D eigenvalue weighted by atomic mass is 32.2. The molecular weight excluding hydrogens is 288 g/mol. The summed E-state index contributed by atoms with van der Waals surface area (Å²) in [5.74, 6) is 0.155. The minimum atomic E-state index is -0.300. The van der Waals surface area contributed by atoms with Crippen molar-refractivity contribution in [3.8, 4) is 0 Å². The number of hydrogen-bond acceptors (Lipinski definition) is 5. The van der Waals surface area contributed by atoms with E-state index in [-0.39, 0.29) is 17.9 Å². The van der Waals surface area contributed by atoms with Crippen LogP contribution in [0.4, 0.5) is 0 Å². The van der Waals surface area contributed by atoms with Crippen LogP contribution in [-0.2, 0) is 9.59 Å². The topological polar surface area (TPSA) is 88.3 Å². The highest BCUT2D eigenvalue weighted by molar-refractivity contribution is 8.00. The van der Waals surface area contributed by atoms with E-state index < -0.39 is 0 Å². The number of amides is 2. The Morgan fingerprint density at radius 2 is 2.00 bits per heavy atom. The van der Waals surface area contributed by atoms with E-state index in [1.54, 1.807) is 12.4 Å². The van der Waals surface area contributed by atoms with E-state index in [4.69, 9.17) is 5.73 Å². The third-order valence-corrected chi connectivity index (χ3v) is 4.36. The van der Waals surface area contributed by atoms with E-state index in [0.717, 1.165) is 30.8 Å². The molecule has 1 fully saturated rings. The van der Waals surface area contributed by atoms with E-state index in [1.165, 1.54) is 11.8 Å². The first kappa shape index (κ1) is 15.8. The molecule has 0 bridgehead atoms. The molecule has 0 unspecified atom stereocenters. The van der Waals surface area contributed by atoms with Crippen LogP contribution in [0.5, 0.6) is 0 Å². The van der Waals surface area contributed by atoms with E-state index in [1.807, 2.05) is 17.0 Å². The fourth-order valence-electron chi connectivity index (χ4n) is 2.31. The zero-order valence-corrected chi connectivity index (χ0v) is 12.6. The van der Waals surface area contributed by atoms with Gasteiger partial charge in [-0.25, -0.2) is 0 Å². The molecule has 0 atom stereocenters. The molecule has 3 N–H and O–H groups in total. The first-order valence-corrected chi connectivity index (χ1v) is 7.95. The molecule has 1 aromatic heterocycles. The van der Waals surface area contributed by atoms with Crippen LogP contribution in [0.2, 0.25) is 0 Å². The number of piperidine rings is 1. The van der Waals surface area contributed by atoms with Crippen LogP contribution in [0.3, 0.4) is 0 Å². The lowest BCUT2D eigenvalue weighted by Gasteiger charge is -2.31. The summed E-state index contributed by atoms with van der Waals surface area (Å²) in [6.07, 6.45) is 5.15. The van der Waals surface area contributed by atoms with Gasteiger partial charge in [0.05, 0.1) is 12.3 Å². The molecular formula is C14H20N4O2S. The number of nitrogens with one attached hydrogen (secondary N) is 1. The molecule has 2 rings (SSSR count). The molecule has 1 saturated heterocycles. The quantitative estimate of drug-likeness (QED) is 0.735.